The number of nitrogen functional groups attached to an aromatic ring is 1. The SMILES string of the molecule is CC(=O)N1[C@@H](C(=O)N2C3CCC2CN(c2nc(OC[C@@]45CCCN4C[C@H](F)C5)nc4c(F)c(-c5ccc(F)c6sc(N)c(C#N)c56)c(Cl)cc24)C3)[C@@H]1C1CC1. The number of nitriles is 1. The van der Waals surface area contributed by atoms with E-state index in [1.54, 1.807) is 11.0 Å². The fourth-order valence-electron chi connectivity index (χ4n) is 10.3. The van der Waals surface area contributed by atoms with E-state index in [4.69, 9.17) is 27.1 Å². The van der Waals surface area contributed by atoms with Crippen LogP contribution in [0.15, 0.2) is 18.2 Å². The molecule has 1 aliphatic carbocycles. The summed E-state index contributed by atoms with van der Waals surface area (Å²) in [5.41, 5.74) is 5.68. The number of piperazine rings is 1. The van der Waals surface area contributed by atoms with Gasteiger partial charge in [-0.15, -0.1) is 11.3 Å². The molecule has 2 amide bonds. The Kier molecular flexibility index (Phi) is 8.00. The van der Waals surface area contributed by atoms with E-state index < -0.39 is 29.4 Å². The topological polar surface area (TPSA) is 132 Å². The largest absolute Gasteiger partial charge is 0.461 e. The van der Waals surface area contributed by atoms with Gasteiger partial charge in [0.15, 0.2) is 5.82 Å². The van der Waals surface area contributed by atoms with Gasteiger partial charge in [-0.3, -0.25) is 14.5 Å². The van der Waals surface area contributed by atoms with Crippen molar-refractivity contribution in [3.8, 4) is 23.2 Å². The fourth-order valence-corrected chi connectivity index (χ4v) is 11.5. The number of thiophene rings is 1. The maximum absolute atomic E-state index is 17.3. The van der Waals surface area contributed by atoms with E-state index in [1.165, 1.54) is 19.1 Å². The standard InChI is InChI=1S/C39H38ClF3N8O3S/c1-18(52)50-32(19-3-4-19)33(50)37(53)51-21-5-6-22(51)16-48(15-21)36-24-11-26(40)29(23-7-8-27(42)34-28(23)25(13-44)35(45)55-34)30(43)31(24)46-38(47-36)54-17-39-9-2-10-49(39)14-20(41)12-39/h7-8,11,19-22,32-33H,2-6,9-10,12,14-17,45H2,1H3/t20-,21?,22?,32+,33-,39+,50?/m1/s1. The van der Waals surface area contributed by atoms with Crippen molar-refractivity contribution in [1.29, 1.82) is 5.26 Å². The number of alkyl halides is 1. The number of carbonyl (C=O) groups excluding carboxylic acids is 2. The fraction of sp³-hybridized carbons (Fsp3) is 0.513. The number of rotatable bonds is 7. The Balaban J connectivity index is 1.05. The first-order valence-electron chi connectivity index (χ1n) is 19.0. The summed E-state index contributed by atoms with van der Waals surface area (Å²) in [5.74, 6) is -0.702. The number of hydrogen-bond donors (Lipinski definition) is 1. The van der Waals surface area contributed by atoms with E-state index in [9.17, 15) is 19.2 Å². The van der Waals surface area contributed by atoms with Gasteiger partial charge >= 0.3 is 6.01 Å². The van der Waals surface area contributed by atoms with Crippen LogP contribution in [-0.2, 0) is 9.59 Å². The molecule has 0 spiro atoms. The van der Waals surface area contributed by atoms with E-state index in [0.717, 1.165) is 56.4 Å². The molecule has 2 aromatic heterocycles. The summed E-state index contributed by atoms with van der Waals surface area (Å²) in [6.45, 7) is 3.58. The van der Waals surface area contributed by atoms with Crippen LogP contribution in [0.3, 0.4) is 0 Å². The highest BCUT2D eigenvalue weighted by Crippen LogP contribution is 2.50. The molecule has 5 aliphatic heterocycles. The molecule has 10 rings (SSSR count). The minimum Gasteiger partial charge on any atom is -0.461 e. The summed E-state index contributed by atoms with van der Waals surface area (Å²) in [6.07, 6.45) is 4.65. The Morgan fingerprint density at radius 3 is 2.60 bits per heavy atom. The Hall–Kier alpha value is -4.39. The van der Waals surface area contributed by atoms with Crippen molar-refractivity contribution in [2.24, 2.45) is 5.92 Å². The number of ether oxygens (including phenoxy) is 1. The van der Waals surface area contributed by atoms with E-state index in [-0.39, 0.29) is 84.9 Å². The normalized spacial score (nSPS) is 28.7. The molecule has 2 bridgehead atoms. The zero-order valence-corrected chi connectivity index (χ0v) is 31.6. The Labute approximate surface area is 323 Å². The van der Waals surface area contributed by atoms with Crippen LogP contribution in [0.1, 0.15) is 57.4 Å². The first-order valence-corrected chi connectivity index (χ1v) is 20.2. The van der Waals surface area contributed by atoms with Crippen LogP contribution in [0.2, 0.25) is 5.02 Å². The average Bonchev–Trinajstić information content (AvgIpc) is 4.00. The lowest BCUT2D eigenvalue weighted by Gasteiger charge is -2.42. The molecule has 16 heteroatoms. The number of nitrogens with zero attached hydrogens (tertiary/aromatic N) is 7. The van der Waals surface area contributed by atoms with Gasteiger partial charge in [-0.05, 0) is 68.7 Å². The molecule has 2 unspecified atom stereocenters. The Morgan fingerprint density at radius 2 is 1.89 bits per heavy atom. The predicted octanol–water partition coefficient (Wildman–Crippen LogP) is 6.04. The predicted molar refractivity (Wildman–Crippen MR) is 202 cm³/mol. The monoisotopic (exact) mass is 790 g/mol. The van der Waals surface area contributed by atoms with Crippen LogP contribution in [-0.4, -0.2) is 105 Å². The van der Waals surface area contributed by atoms with E-state index >= 15 is 8.78 Å². The maximum atomic E-state index is 17.3. The number of amides is 2. The highest BCUT2D eigenvalue weighted by atomic mass is 35.5. The first-order chi connectivity index (χ1) is 26.5. The summed E-state index contributed by atoms with van der Waals surface area (Å²) in [6, 6.07) is 5.38. The second-order valence-electron chi connectivity index (χ2n) is 16.1. The Bertz CT molecular complexity index is 2360. The third-order valence-electron chi connectivity index (χ3n) is 12.9. The van der Waals surface area contributed by atoms with Crippen LogP contribution in [0, 0.1) is 28.9 Å². The van der Waals surface area contributed by atoms with Crippen molar-refractivity contribution in [3.63, 3.8) is 0 Å². The quantitative estimate of drug-likeness (QED) is 0.223. The molecule has 0 radical (unpaired) electrons. The molecule has 6 aliphatic rings. The minimum absolute atomic E-state index is 0.00549. The summed E-state index contributed by atoms with van der Waals surface area (Å²) in [4.78, 5) is 43.8. The molecule has 2 aromatic carbocycles. The number of carbonyl (C=O) groups is 2. The van der Waals surface area contributed by atoms with Crippen molar-refractivity contribution >= 4 is 66.6 Å². The van der Waals surface area contributed by atoms with Gasteiger partial charge in [-0.25, -0.2) is 13.2 Å². The smallest absolute Gasteiger partial charge is 0.319 e. The summed E-state index contributed by atoms with van der Waals surface area (Å²) < 4.78 is 53.4. The van der Waals surface area contributed by atoms with Gasteiger partial charge in [0.2, 0.25) is 11.8 Å². The van der Waals surface area contributed by atoms with Crippen molar-refractivity contribution in [2.45, 2.75) is 87.7 Å². The third-order valence-corrected chi connectivity index (χ3v) is 14.2. The molecule has 2 N–H and O–H groups in total. The molecule has 1 saturated carbocycles. The number of halogens is 4. The van der Waals surface area contributed by atoms with Crippen molar-refractivity contribution < 1.29 is 27.5 Å². The van der Waals surface area contributed by atoms with E-state index in [2.05, 4.69) is 9.88 Å². The zero-order valence-electron chi connectivity index (χ0n) is 30.0. The minimum atomic E-state index is -0.969. The van der Waals surface area contributed by atoms with Gasteiger partial charge in [0, 0.05) is 61.4 Å². The van der Waals surface area contributed by atoms with Crippen LogP contribution in [0.25, 0.3) is 32.1 Å². The number of aromatic nitrogens is 2. The average molecular weight is 791 g/mol. The molecule has 4 aromatic rings. The van der Waals surface area contributed by atoms with Gasteiger partial charge in [-0.2, -0.15) is 15.2 Å². The molecule has 55 heavy (non-hydrogen) atoms. The van der Waals surface area contributed by atoms with Crippen molar-refractivity contribution in [1.82, 2.24) is 24.7 Å². The number of fused-ring (bicyclic) bond motifs is 5. The molecule has 6 fully saturated rings. The highest BCUT2D eigenvalue weighted by Gasteiger charge is 2.63. The molecule has 11 nitrogen and oxygen atoms in total. The lowest BCUT2D eigenvalue weighted by molar-refractivity contribution is -0.137. The van der Waals surface area contributed by atoms with Gasteiger partial charge in [-0.1, -0.05) is 17.7 Å². The number of nitrogens with two attached hydrogens (primary N) is 1. The lowest BCUT2D eigenvalue weighted by Crippen LogP contribution is -2.57. The molecule has 5 saturated heterocycles. The van der Waals surface area contributed by atoms with Crippen LogP contribution in [0.5, 0.6) is 6.01 Å². The van der Waals surface area contributed by atoms with Crippen LogP contribution in [0.4, 0.5) is 24.0 Å². The molecule has 286 valence electrons. The van der Waals surface area contributed by atoms with Crippen molar-refractivity contribution in [3.05, 3.63) is 40.4 Å². The number of hydrogen-bond acceptors (Lipinski definition) is 10. The van der Waals surface area contributed by atoms with Gasteiger partial charge in [0.25, 0.3) is 0 Å². The summed E-state index contributed by atoms with van der Waals surface area (Å²) in [7, 11) is 0. The molecular formula is C39H38ClF3N8O3S. The maximum Gasteiger partial charge on any atom is 0.319 e. The highest BCUT2D eigenvalue weighted by molar-refractivity contribution is 7.23. The summed E-state index contributed by atoms with van der Waals surface area (Å²) in [5, 5.41) is 10.6. The Morgan fingerprint density at radius 1 is 1.13 bits per heavy atom. The van der Waals surface area contributed by atoms with Gasteiger partial charge < -0.3 is 25.2 Å². The van der Waals surface area contributed by atoms with Crippen LogP contribution < -0.4 is 15.4 Å². The first kappa shape index (κ1) is 35.1. The number of anilines is 2. The second kappa shape index (κ2) is 12.6. The van der Waals surface area contributed by atoms with Gasteiger partial charge in [0.1, 0.15) is 47.0 Å². The number of benzene rings is 2. The molecular weight excluding hydrogens is 753 g/mol. The second-order valence-corrected chi connectivity index (χ2v) is 17.6. The lowest BCUT2D eigenvalue weighted by atomic mass is 9.95. The van der Waals surface area contributed by atoms with E-state index in [0.29, 0.717) is 43.2 Å². The molecule has 7 heterocycles. The van der Waals surface area contributed by atoms with Crippen LogP contribution >= 0.6 is 22.9 Å². The molecule has 6 atom stereocenters. The van der Waals surface area contributed by atoms with E-state index in [1.807, 2.05) is 15.9 Å². The van der Waals surface area contributed by atoms with Crippen molar-refractivity contribution in [2.75, 3.05) is 43.4 Å². The van der Waals surface area contributed by atoms with Gasteiger partial charge in [0.05, 0.1) is 26.9 Å². The zero-order chi connectivity index (χ0) is 38.1. The summed E-state index contributed by atoms with van der Waals surface area (Å²) >= 11 is 7.85. The third kappa shape index (κ3) is 5.38.